The summed E-state index contributed by atoms with van der Waals surface area (Å²) >= 11 is 4.66. The zero-order chi connectivity index (χ0) is 15.4. The van der Waals surface area contributed by atoms with Crippen molar-refractivity contribution in [1.29, 1.82) is 0 Å². The second-order valence-corrected chi connectivity index (χ2v) is 7.35. The SMILES string of the molecule is Cn1ccnc1SCCC(=O)Nc1nc(-c2cccs2)cs1. The largest absolute Gasteiger partial charge is 0.329 e. The number of aromatic nitrogens is 3. The number of nitrogens with zero attached hydrogens (tertiary/aromatic N) is 3. The number of rotatable bonds is 6. The minimum atomic E-state index is -0.0196. The lowest BCUT2D eigenvalue weighted by Crippen LogP contribution is -2.12. The van der Waals surface area contributed by atoms with E-state index in [9.17, 15) is 4.79 Å². The Labute approximate surface area is 140 Å². The fraction of sp³-hybridized carbons (Fsp3) is 0.214. The van der Waals surface area contributed by atoms with Gasteiger partial charge in [-0.3, -0.25) is 4.79 Å². The van der Waals surface area contributed by atoms with Gasteiger partial charge in [-0.2, -0.15) is 0 Å². The highest BCUT2D eigenvalue weighted by Gasteiger charge is 2.09. The Morgan fingerprint density at radius 1 is 1.45 bits per heavy atom. The first-order valence-corrected chi connectivity index (χ1v) is 9.36. The van der Waals surface area contributed by atoms with Crippen LogP contribution in [0.1, 0.15) is 6.42 Å². The molecule has 0 aromatic carbocycles. The molecule has 0 aliphatic rings. The lowest BCUT2D eigenvalue weighted by Gasteiger charge is -2.02. The second-order valence-electron chi connectivity index (χ2n) is 4.48. The summed E-state index contributed by atoms with van der Waals surface area (Å²) in [5.74, 6) is 0.675. The van der Waals surface area contributed by atoms with Crippen LogP contribution in [0.25, 0.3) is 10.6 Å². The van der Waals surface area contributed by atoms with Gasteiger partial charge in [-0.1, -0.05) is 17.8 Å². The lowest BCUT2D eigenvalue weighted by molar-refractivity contribution is -0.115. The number of carbonyl (C=O) groups is 1. The third-order valence-electron chi connectivity index (χ3n) is 2.86. The molecule has 114 valence electrons. The zero-order valence-electron chi connectivity index (χ0n) is 11.9. The molecule has 0 saturated carbocycles. The minimum Gasteiger partial charge on any atom is -0.329 e. The molecular formula is C14H14N4OS3. The van der Waals surface area contributed by atoms with E-state index in [0.717, 1.165) is 15.7 Å². The van der Waals surface area contributed by atoms with Crippen LogP contribution >= 0.6 is 34.4 Å². The number of anilines is 1. The predicted octanol–water partition coefficient (Wildman–Crippen LogP) is 3.73. The topological polar surface area (TPSA) is 59.8 Å². The molecule has 0 unspecified atom stereocenters. The van der Waals surface area contributed by atoms with E-state index in [1.54, 1.807) is 29.3 Å². The van der Waals surface area contributed by atoms with Gasteiger partial charge < -0.3 is 9.88 Å². The Balaban J connectivity index is 1.49. The maximum atomic E-state index is 11.9. The molecule has 3 rings (SSSR count). The molecular weight excluding hydrogens is 336 g/mol. The Morgan fingerprint density at radius 3 is 3.09 bits per heavy atom. The average molecular weight is 350 g/mol. The first kappa shape index (κ1) is 15.3. The number of hydrogen-bond donors (Lipinski definition) is 1. The van der Waals surface area contributed by atoms with Crippen LogP contribution in [-0.4, -0.2) is 26.2 Å². The van der Waals surface area contributed by atoms with Gasteiger partial charge in [-0.25, -0.2) is 9.97 Å². The predicted molar refractivity (Wildman–Crippen MR) is 92.6 cm³/mol. The van der Waals surface area contributed by atoms with Crippen molar-refractivity contribution in [3.05, 3.63) is 35.3 Å². The van der Waals surface area contributed by atoms with Crippen molar-refractivity contribution in [2.45, 2.75) is 11.6 Å². The Morgan fingerprint density at radius 2 is 2.36 bits per heavy atom. The maximum Gasteiger partial charge on any atom is 0.226 e. The van der Waals surface area contributed by atoms with Crippen molar-refractivity contribution in [3.63, 3.8) is 0 Å². The quantitative estimate of drug-likeness (QED) is 0.688. The van der Waals surface area contributed by atoms with Crippen molar-refractivity contribution in [3.8, 4) is 10.6 Å². The number of carbonyl (C=O) groups excluding carboxylic acids is 1. The molecule has 1 amide bonds. The van der Waals surface area contributed by atoms with Gasteiger partial charge >= 0.3 is 0 Å². The van der Waals surface area contributed by atoms with E-state index in [1.165, 1.54) is 11.3 Å². The van der Waals surface area contributed by atoms with Crippen molar-refractivity contribution >= 4 is 45.5 Å². The Kier molecular flexibility index (Phi) is 4.91. The summed E-state index contributed by atoms with van der Waals surface area (Å²) in [4.78, 5) is 21.7. The van der Waals surface area contributed by atoms with Gasteiger partial charge in [0.05, 0.1) is 10.6 Å². The standard InChI is InChI=1S/C14H14N4OS3/c1-18-6-5-15-14(18)21-8-4-12(19)17-13-16-10(9-22-13)11-3-2-7-20-11/h2-3,5-7,9H,4,8H2,1H3,(H,16,17,19). The van der Waals surface area contributed by atoms with Crippen LogP contribution in [0, 0.1) is 0 Å². The highest BCUT2D eigenvalue weighted by molar-refractivity contribution is 7.99. The third-order valence-corrected chi connectivity index (χ3v) is 5.57. The van der Waals surface area contributed by atoms with Gasteiger partial charge in [-0.15, -0.1) is 22.7 Å². The highest BCUT2D eigenvalue weighted by Crippen LogP contribution is 2.28. The van der Waals surface area contributed by atoms with Crippen LogP contribution in [0.15, 0.2) is 40.4 Å². The van der Waals surface area contributed by atoms with Gasteiger partial charge in [0.15, 0.2) is 10.3 Å². The molecule has 0 radical (unpaired) electrons. The van der Waals surface area contributed by atoms with Crippen LogP contribution in [0.3, 0.4) is 0 Å². The second kappa shape index (κ2) is 7.08. The van der Waals surface area contributed by atoms with Gasteiger partial charge in [0, 0.05) is 37.0 Å². The highest BCUT2D eigenvalue weighted by atomic mass is 32.2. The monoisotopic (exact) mass is 350 g/mol. The molecule has 0 spiro atoms. The first-order chi connectivity index (χ1) is 10.7. The van der Waals surface area contributed by atoms with E-state index in [0.29, 0.717) is 17.3 Å². The normalized spacial score (nSPS) is 10.8. The Hall–Kier alpha value is -1.64. The summed E-state index contributed by atoms with van der Waals surface area (Å²) in [6.07, 6.45) is 4.08. The number of thiazole rings is 1. The molecule has 3 heterocycles. The van der Waals surface area contributed by atoms with Crippen molar-refractivity contribution in [2.24, 2.45) is 7.05 Å². The molecule has 0 fully saturated rings. The summed E-state index contributed by atoms with van der Waals surface area (Å²) in [6, 6.07) is 4.02. The summed E-state index contributed by atoms with van der Waals surface area (Å²) in [5.41, 5.74) is 0.915. The van der Waals surface area contributed by atoms with Crippen LogP contribution in [0.2, 0.25) is 0 Å². The van der Waals surface area contributed by atoms with Gasteiger partial charge in [-0.05, 0) is 11.4 Å². The van der Waals surface area contributed by atoms with E-state index >= 15 is 0 Å². The number of thioether (sulfide) groups is 1. The van der Waals surface area contributed by atoms with Gasteiger partial charge in [0.1, 0.15) is 0 Å². The molecule has 8 heteroatoms. The van der Waals surface area contributed by atoms with Crippen LogP contribution in [0.4, 0.5) is 5.13 Å². The third kappa shape index (κ3) is 3.76. The van der Waals surface area contributed by atoms with E-state index < -0.39 is 0 Å². The van der Waals surface area contributed by atoms with Gasteiger partial charge in [0.25, 0.3) is 0 Å². The molecule has 0 saturated heterocycles. The lowest BCUT2D eigenvalue weighted by atomic mass is 10.4. The average Bonchev–Trinajstić information content (AvgIpc) is 3.21. The van der Waals surface area contributed by atoms with Crippen molar-refractivity contribution < 1.29 is 4.79 Å². The number of aryl methyl sites for hydroxylation is 1. The fourth-order valence-corrected chi connectivity index (χ4v) is 4.13. The van der Waals surface area contributed by atoms with Gasteiger partial charge in [0.2, 0.25) is 5.91 Å². The molecule has 22 heavy (non-hydrogen) atoms. The minimum absolute atomic E-state index is 0.0196. The van der Waals surface area contributed by atoms with E-state index in [4.69, 9.17) is 0 Å². The maximum absolute atomic E-state index is 11.9. The summed E-state index contributed by atoms with van der Waals surface area (Å²) < 4.78 is 1.94. The smallest absolute Gasteiger partial charge is 0.226 e. The molecule has 3 aromatic rings. The molecule has 1 N–H and O–H groups in total. The van der Waals surface area contributed by atoms with Crippen LogP contribution in [0.5, 0.6) is 0 Å². The molecule has 3 aromatic heterocycles. The van der Waals surface area contributed by atoms with Crippen molar-refractivity contribution in [2.75, 3.05) is 11.1 Å². The van der Waals surface area contributed by atoms with E-state index in [1.807, 2.05) is 40.7 Å². The Bertz CT molecular complexity index is 748. The molecule has 0 aliphatic heterocycles. The van der Waals surface area contributed by atoms with E-state index in [2.05, 4.69) is 15.3 Å². The number of amides is 1. The summed E-state index contributed by atoms with van der Waals surface area (Å²) in [7, 11) is 1.94. The van der Waals surface area contributed by atoms with Crippen molar-refractivity contribution in [1.82, 2.24) is 14.5 Å². The first-order valence-electron chi connectivity index (χ1n) is 6.62. The molecule has 0 bridgehead atoms. The van der Waals surface area contributed by atoms with Crippen LogP contribution in [-0.2, 0) is 11.8 Å². The molecule has 0 atom stereocenters. The number of hydrogen-bond acceptors (Lipinski definition) is 6. The number of thiophene rings is 1. The molecule has 5 nitrogen and oxygen atoms in total. The fourth-order valence-electron chi connectivity index (χ4n) is 1.78. The summed E-state index contributed by atoms with van der Waals surface area (Å²) in [6.45, 7) is 0. The van der Waals surface area contributed by atoms with Crippen LogP contribution < -0.4 is 5.32 Å². The number of nitrogens with one attached hydrogen (secondary N) is 1. The number of imidazole rings is 1. The zero-order valence-corrected chi connectivity index (χ0v) is 14.3. The van der Waals surface area contributed by atoms with E-state index in [-0.39, 0.29) is 5.91 Å². The molecule has 0 aliphatic carbocycles. The summed E-state index contributed by atoms with van der Waals surface area (Å²) in [5, 5.41) is 8.40.